The first-order chi connectivity index (χ1) is 12.6. The summed E-state index contributed by atoms with van der Waals surface area (Å²) in [6.45, 7) is 3.17. The Morgan fingerprint density at radius 2 is 1.96 bits per heavy atom. The predicted octanol–water partition coefficient (Wildman–Crippen LogP) is 3.30. The number of aromatic nitrogens is 1. The van der Waals surface area contributed by atoms with Crippen molar-refractivity contribution in [2.24, 2.45) is 5.92 Å². The van der Waals surface area contributed by atoms with Crippen LogP contribution in [0.3, 0.4) is 0 Å². The summed E-state index contributed by atoms with van der Waals surface area (Å²) in [5.74, 6) is -0.788. The van der Waals surface area contributed by atoms with Crippen molar-refractivity contribution in [3.05, 3.63) is 54.1 Å². The molecule has 1 aromatic carbocycles. The van der Waals surface area contributed by atoms with Crippen LogP contribution in [0, 0.1) is 11.7 Å². The summed E-state index contributed by atoms with van der Waals surface area (Å²) in [4.78, 5) is 30.4. The number of likely N-dealkylation sites (tertiary alicyclic amines) is 1. The van der Waals surface area contributed by atoms with Crippen molar-refractivity contribution in [2.75, 3.05) is 19.7 Å². The molecular weight excluding hydrogens is 335 g/mol. The summed E-state index contributed by atoms with van der Waals surface area (Å²) in [5.41, 5.74) is 1.83. The molecule has 1 aliphatic rings. The fourth-order valence-electron chi connectivity index (χ4n) is 3.14. The molecule has 26 heavy (non-hydrogen) atoms. The largest absolute Gasteiger partial charge is 0.466 e. The van der Waals surface area contributed by atoms with Gasteiger partial charge in [-0.3, -0.25) is 14.6 Å². The van der Waals surface area contributed by atoms with Crippen molar-refractivity contribution in [1.29, 1.82) is 0 Å². The first kappa shape index (κ1) is 18.0. The number of hydrogen-bond donors (Lipinski definition) is 0. The Morgan fingerprint density at radius 1 is 1.19 bits per heavy atom. The number of ether oxygens (including phenoxy) is 1. The topological polar surface area (TPSA) is 59.5 Å². The minimum Gasteiger partial charge on any atom is -0.466 e. The van der Waals surface area contributed by atoms with Gasteiger partial charge in [0, 0.05) is 31.0 Å². The van der Waals surface area contributed by atoms with Gasteiger partial charge in [0.05, 0.1) is 18.1 Å². The van der Waals surface area contributed by atoms with Gasteiger partial charge in [0.2, 0.25) is 0 Å². The van der Waals surface area contributed by atoms with Crippen LogP contribution >= 0.6 is 0 Å². The zero-order valence-electron chi connectivity index (χ0n) is 14.7. The number of carbonyl (C=O) groups excluding carboxylic acids is 2. The summed E-state index contributed by atoms with van der Waals surface area (Å²) in [5, 5.41) is 0. The van der Waals surface area contributed by atoms with Crippen molar-refractivity contribution in [3.63, 3.8) is 0 Å². The number of hydrogen-bond acceptors (Lipinski definition) is 4. The van der Waals surface area contributed by atoms with Crippen LogP contribution in [-0.4, -0.2) is 41.5 Å². The molecule has 3 rings (SSSR count). The number of carbonyl (C=O) groups is 2. The molecule has 1 aliphatic heterocycles. The van der Waals surface area contributed by atoms with E-state index in [1.807, 2.05) is 0 Å². The molecule has 5 nitrogen and oxygen atoms in total. The molecule has 0 bridgehead atoms. The quantitative estimate of drug-likeness (QED) is 0.789. The Morgan fingerprint density at radius 3 is 2.65 bits per heavy atom. The van der Waals surface area contributed by atoms with E-state index in [0.29, 0.717) is 49.2 Å². The number of piperidine rings is 1. The van der Waals surface area contributed by atoms with Gasteiger partial charge in [-0.1, -0.05) is 12.1 Å². The van der Waals surface area contributed by atoms with Crippen LogP contribution in [0.4, 0.5) is 4.39 Å². The van der Waals surface area contributed by atoms with Gasteiger partial charge in [0.25, 0.3) is 5.91 Å². The van der Waals surface area contributed by atoms with Crippen LogP contribution < -0.4 is 0 Å². The third kappa shape index (κ3) is 4.07. The summed E-state index contributed by atoms with van der Waals surface area (Å²) in [6, 6.07) is 7.91. The number of rotatable bonds is 4. The molecule has 1 amide bonds. The highest BCUT2D eigenvalue weighted by molar-refractivity contribution is 5.95. The molecule has 0 N–H and O–H groups in total. The lowest BCUT2D eigenvalue weighted by Gasteiger charge is -2.30. The average molecular weight is 356 g/mol. The van der Waals surface area contributed by atoms with E-state index in [0.717, 1.165) is 0 Å². The van der Waals surface area contributed by atoms with Crippen molar-refractivity contribution >= 4 is 11.9 Å². The first-order valence-electron chi connectivity index (χ1n) is 8.75. The van der Waals surface area contributed by atoms with E-state index < -0.39 is 0 Å². The van der Waals surface area contributed by atoms with E-state index >= 15 is 0 Å². The molecule has 2 heterocycles. The maximum absolute atomic E-state index is 13.4. The molecule has 2 aromatic rings. The maximum Gasteiger partial charge on any atom is 0.309 e. The van der Waals surface area contributed by atoms with E-state index in [2.05, 4.69) is 4.98 Å². The van der Waals surface area contributed by atoms with Gasteiger partial charge in [0.15, 0.2) is 0 Å². The highest BCUT2D eigenvalue weighted by atomic mass is 19.1. The van der Waals surface area contributed by atoms with Crippen LogP contribution in [0.5, 0.6) is 0 Å². The Labute approximate surface area is 151 Å². The number of benzene rings is 1. The monoisotopic (exact) mass is 356 g/mol. The van der Waals surface area contributed by atoms with Crippen molar-refractivity contribution in [2.45, 2.75) is 19.8 Å². The molecule has 0 saturated carbocycles. The Bertz CT molecular complexity index is 801. The highest BCUT2D eigenvalue weighted by Gasteiger charge is 2.28. The fraction of sp³-hybridized carbons (Fsp3) is 0.350. The second kappa shape index (κ2) is 8.08. The summed E-state index contributed by atoms with van der Waals surface area (Å²) in [7, 11) is 0. The fourth-order valence-corrected chi connectivity index (χ4v) is 3.14. The number of halogens is 1. The molecule has 0 radical (unpaired) electrons. The molecule has 0 aliphatic carbocycles. The van der Waals surface area contributed by atoms with E-state index in [-0.39, 0.29) is 23.6 Å². The Hall–Kier alpha value is -2.76. The minimum atomic E-state index is -0.333. The molecule has 1 aromatic heterocycles. The molecule has 0 atom stereocenters. The van der Waals surface area contributed by atoms with Gasteiger partial charge in [-0.25, -0.2) is 4.39 Å². The summed E-state index contributed by atoms with van der Waals surface area (Å²) in [6.07, 6.45) is 4.32. The van der Waals surface area contributed by atoms with Crippen molar-refractivity contribution in [1.82, 2.24) is 9.88 Å². The molecule has 136 valence electrons. The van der Waals surface area contributed by atoms with Gasteiger partial charge >= 0.3 is 5.97 Å². The number of nitrogens with zero attached hydrogens (tertiary/aromatic N) is 2. The Balaban J connectivity index is 1.69. The molecule has 0 spiro atoms. The number of pyridine rings is 1. The van der Waals surface area contributed by atoms with E-state index in [1.165, 1.54) is 18.3 Å². The van der Waals surface area contributed by atoms with Gasteiger partial charge in [0.1, 0.15) is 5.82 Å². The molecular formula is C20H21FN2O3. The van der Waals surface area contributed by atoms with Gasteiger partial charge in [-0.15, -0.1) is 0 Å². The van der Waals surface area contributed by atoms with Crippen molar-refractivity contribution in [3.8, 4) is 11.1 Å². The number of amides is 1. The second-order valence-electron chi connectivity index (χ2n) is 6.29. The maximum atomic E-state index is 13.4. The van der Waals surface area contributed by atoms with E-state index in [9.17, 15) is 14.0 Å². The average Bonchev–Trinajstić information content (AvgIpc) is 2.68. The lowest BCUT2D eigenvalue weighted by Crippen LogP contribution is -2.40. The van der Waals surface area contributed by atoms with Crippen LogP contribution in [-0.2, 0) is 9.53 Å². The van der Waals surface area contributed by atoms with Crippen LogP contribution in [0.1, 0.15) is 30.1 Å². The number of esters is 1. The molecule has 6 heteroatoms. The van der Waals surface area contributed by atoms with E-state index in [4.69, 9.17) is 4.74 Å². The zero-order chi connectivity index (χ0) is 18.5. The lowest BCUT2D eigenvalue weighted by atomic mass is 9.96. The molecule has 1 saturated heterocycles. The zero-order valence-corrected chi connectivity index (χ0v) is 14.7. The summed E-state index contributed by atoms with van der Waals surface area (Å²) >= 11 is 0. The van der Waals surface area contributed by atoms with Crippen molar-refractivity contribution < 1.29 is 18.7 Å². The second-order valence-corrected chi connectivity index (χ2v) is 6.29. The first-order valence-corrected chi connectivity index (χ1v) is 8.75. The van der Waals surface area contributed by atoms with Crippen LogP contribution in [0.25, 0.3) is 11.1 Å². The van der Waals surface area contributed by atoms with Crippen LogP contribution in [0.2, 0.25) is 0 Å². The van der Waals surface area contributed by atoms with Gasteiger partial charge in [-0.2, -0.15) is 0 Å². The Kier molecular flexibility index (Phi) is 5.61. The summed E-state index contributed by atoms with van der Waals surface area (Å²) < 4.78 is 18.5. The minimum absolute atomic E-state index is 0.127. The third-order valence-electron chi connectivity index (χ3n) is 4.55. The van der Waals surface area contributed by atoms with E-state index in [1.54, 1.807) is 36.2 Å². The predicted molar refractivity (Wildman–Crippen MR) is 94.9 cm³/mol. The third-order valence-corrected chi connectivity index (χ3v) is 4.55. The molecule has 0 unspecified atom stereocenters. The van der Waals surface area contributed by atoms with Gasteiger partial charge in [-0.05, 0) is 43.5 Å². The molecule has 1 fully saturated rings. The lowest BCUT2D eigenvalue weighted by molar-refractivity contribution is -0.149. The SMILES string of the molecule is CCOC(=O)C1CCN(C(=O)c2cncc(-c3cccc(F)c3)c2)CC1. The normalized spacial score (nSPS) is 14.9. The van der Waals surface area contributed by atoms with Crippen LogP contribution in [0.15, 0.2) is 42.7 Å². The highest BCUT2D eigenvalue weighted by Crippen LogP contribution is 2.23. The van der Waals surface area contributed by atoms with Gasteiger partial charge < -0.3 is 9.64 Å². The smallest absolute Gasteiger partial charge is 0.309 e. The standard InChI is InChI=1S/C20H21FN2O3/c1-2-26-20(25)14-6-8-23(9-7-14)19(24)17-10-16(12-22-13-17)15-4-3-5-18(21)11-15/h3-5,10-14H,2,6-9H2,1H3.